The van der Waals surface area contributed by atoms with Crippen molar-refractivity contribution < 1.29 is 14.7 Å². The average Bonchev–Trinajstić information content (AvgIpc) is 3.22. The molecule has 2 saturated carbocycles. The first-order chi connectivity index (χ1) is 10.1. The number of aliphatic carboxylic acids is 1. The lowest BCUT2D eigenvalue weighted by molar-refractivity contribution is -0.142. The number of hydrogen-bond acceptors (Lipinski definition) is 4. The van der Waals surface area contributed by atoms with Crippen molar-refractivity contribution >= 4 is 23.2 Å². The Hall–Kier alpha value is -1.43. The molecule has 1 amide bonds. The molecule has 0 aliphatic heterocycles. The van der Waals surface area contributed by atoms with Gasteiger partial charge in [0, 0.05) is 17.3 Å². The first-order valence-corrected chi connectivity index (χ1v) is 8.52. The van der Waals surface area contributed by atoms with Crippen molar-refractivity contribution in [2.45, 2.75) is 56.9 Å². The van der Waals surface area contributed by atoms with E-state index in [9.17, 15) is 14.7 Å². The van der Waals surface area contributed by atoms with Gasteiger partial charge in [0.25, 0.3) is 5.91 Å². The van der Waals surface area contributed by atoms with E-state index in [1.807, 2.05) is 0 Å². The molecule has 2 atom stereocenters. The maximum absolute atomic E-state index is 12.3. The predicted octanol–water partition coefficient (Wildman–Crippen LogP) is 2.78. The second-order valence-corrected chi connectivity index (χ2v) is 6.90. The van der Waals surface area contributed by atoms with Crippen molar-refractivity contribution in [2.75, 3.05) is 0 Å². The van der Waals surface area contributed by atoms with Crippen LogP contribution in [0.1, 0.15) is 66.4 Å². The summed E-state index contributed by atoms with van der Waals surface area (Å²) in [5.74, 6) is -0.963. The molecule has 6 heteroatoms. The van der Waals surface area contributed by atoms with Crippen molar-refractivity contribution in [3.05, 3.63) is 16.1 Å². The van der Waals surface area contributed by atoms with Crippen LogP contribution in [0.2, 0.25) is 0 Å². The summed E-state index contributed by atoms with van der Waals surface area (Å²) in [7, 11) is 0. The number of carboxylic acids is 1. The number of carbonyl (C=O) groups excluding carboxylic acids is 1. The van der Waals surface area contributed by atoms with Crippen LogP contribution in [0.3, 0.4) is 0 Å². The Morgan fingerprint density at radius 2 is 1.95 bits per heavy atom. The minimum Gasteiger partial charge on any atom is -0.481 e. The van der Waals surface area contributed by atoms with E-state index in [1.165, 1.54) is 11.3 Å². The maximum Gasteiger partial charge on any atom is 0.308 e. The summed E-state index contributed by atoms with van der Waals surface area (Å²) in [6, 6.07) is -0.274. The Bertz CT molecular complexity index is 539. The molecule has 114 valence electrons. The third-order valence-electron chi connectivity index (χ3n) is 4.33. The van der Waals surface area contributed by atoms with E-state index < -0.39 is 11.9 Å². The van der Waals surface area contributed by atoms with E-state index in [-0.39, 0.29) is 11.9 Å². The topological polar surface area (TPSA) is 79.3 Å². The predicted molar refractivity (Wildman–Crippen MR) is 79.6 cm³/mol. The lowest BCUT2D eigenvalue weighted by Crippen LogP contribution is -2.43. The van der Waals surface area contributed by atoms with E-state index in [4.69, 9.17) is 0 Å². The van der Waals surface area contributed by atoms with Gasteiger partial charge in [-0.15, -0.1) is 11.3 Å². The summed E-state index contributed by atoms with van der Waals surface area (Å²) >= 11 is 1.53. The van der Waals surface area contributed by atoms with Gasteiger partial charge in [0.1, 0.15) is 5.69 Å². The van der Waals surface area contributed by atoms with Crippen LogP contribution in [0.5, 0.6) is 0 Å². The quantitative estimate of drug-likeness (QED) is 0.838. The second-order valence-electron chi connectivity index (χ2n) is 6.01. The zero-order valence-electron chi connectivity index (χ0n) is 11.9. The highest BCUT2D eigenvalue weighted by Gasteiger charge is 2.32. The van der Waals surface area contributed by atoms with Crippen LogP contribution in [0.4, 0.5) is 0 Å². The van der Waals surface area contributed by atoms with Crippen LogP contribution < -0.4 is 5.32 Å². The van der Waals surface area contributed by atoms with Crippen LogP contribution in [0, 0.1) is 5.92 Å². The van der Waals surface area contributed by atoms with Gasteiger partial charge >= 0.3 is 5.97 Å². The molecule has 0 radical (unpaired) electrons. The molecule has 0 unspecified atom stereocenters. The maximum atomic E-state index is 12.3. The van der Waals surface area contributed by atoms with E-state index in [2.05, 4.69) is 10.3 Å². The van der Waals surface area contributed by atoms with E-state index in [0.717, 1.165) is 43.5 Å². The van der Waals surface area contributed by atoms with Gasteiger partial charge in [-0.1, -0.05) is 19.3 Å². The minimum absolute atomic E-state index is 0.226. The number of thiazole rings is 1. The number of hydrogen-bond donors (Lipinski definition) is 2. The lowest BCUT2D eigenvalue weighted by Gasteiger charge is -2.22. The molecule has 0 bridgehead atoms. The van der Waals surface area contributed by atoms with Crippen molar-refractivity contribution in [2.24, 2.45) is 5.92 Å². The molecule has 2 aliphatic carbocycles. The van der Waals surface area contributed by atoms with Crippen LogP contribution in [0.25, 0.3) is 0 Å². The zero-order valence-corrected chi connectivity index (χ0v) is 12.7. The van der Waals surface area contributed by atoms with Gasteiger partial charge in [-0.2, -0.15) is 0 Å². The number of nitrogens with one attached hydrogen (secondary N) is 1. The van der Waals surface area contributed by atoms with E-state index in [1.54, 1.807) is 5.38 Å². The molecule has 2 aliphatic rings. The first kappa shape index (κ1) is 14.5. The molecule has 21 heavy (non-hydrogen) atoms. The van der Waals surface area contributed by atoms with Gasteiger partial charge in [-0.05, 0) is 25.7 Å². The minimum atomic E-state index is -0.806. The summed E-state index contributed by atoms with van der Waals surface area (Å²) < 4.78 is 0. The van der Waals surface area contributed by atoms with Crippen LogP contribution >= 0.6 is 11.3 Å². The molecular formula is C15H20N2O3S. The summed E-state index contributed by atoms with van der Waals surface area (Å²) in [5.41, 5.74) is 0.440. The lowest BCUT2D eigenvalue weighted by atomic mass is 9.95. The Balaban J connectivity index is 1.67. The number of amides is 1. The highest BCUT2D eigenvalue weighted by molar-refractivity contribution is 7.10. The van der Waals surface area contributed by atoms with Gasteiger partial charge in [0.2, 0.25) is 0 Å². The van der Waals surface area contributed by atoms with Crippen LogP contribution in [-0.2, 0) is 4.79 Å². The van der Waals surface area contributed by atoms with Gasteiger partial charge in [-0.25, -0.2) is 4.98 Å². The fraction of sp³-hybridized carbons (Fsp3) is 0.667. The van der Waals surface area contributed by atoms with Crippen molar-refractivity contribution in [1.29, 1.82) is 0 Å². The summed E-state index contributed by atoms with van der Waals surface area (Å²) in [6.45, 7) is 0. The largest absolute Gasteiger partial charge is 0.481 e. The van der Waals surface area contributed by atoms with Crippen LogP contribution in [0.15, 0.2) is 5.38 Å². The molecule has 0 spiro atoms. The molecule has 0 saturated heterocycles. The number of rotatable bonds is 4. The number of aromatic nitrogens is 1. The second kappa shape index (κ2) is 6.13. The highest BCUT2D eigenvalue weighted by atomic mass is 32.1. The molecule has 1 heterocycles. The Labute approximate surface area is 127 Å². The van der Waals surface area contributed by atoms with Gasteiger partial charge in [0.05, 0.1) is 10.9 Å². The third kappa shape index (κ3) is 3.43. The third-order valence-corrected chi connectivity index (χ3v) is 5.34. The van der Waals surface area contributed by atoms with Gasteiger partial charge < -0.3 is 10.4 Å². The molecule has 1 aromatic heterocycles. The van der Waals surface area contributed by atoms with Gasteiger partial charge in [0.15, 0.2) is 0 Å². The molecule has 2 N–H and O–H groups in total. The molecule has 3 rings (SSSR count). The Morgan fingerprint density at radius 1 is 1.19 bits per heavy atom. The molecule has 0 aromatic carbocycles. The Morgan fingerprint density at radius 3 is 2.67 bits per heavy atom. The average molecular weight is 308 g/mol. The Kier molecular flexibility index (Phi) is 4.24. The number of carbonyl (C=O) groups is 2. The van der Waals surface area contributed by atoms with Gasteiger partial charge in [-0.3, -0.25) is 9.59 Å². The summed E-state index contributed by atoms with van der Waals surface area (Å²) in [5, 5.41) is 15.1. The van der Waals surface area contributed by atoms with Crippen molar-refractivity contribution in [3.8, 4) is 0 Å². The smallest absolute Gasteiger partial charge is 0.308 e. The fourth-order valence-electron chi connectivity index (χ4n) is 2.93. The first-order valence-electron chi connectivity index (χ1n) is 7.64. The number of nitrogens with zero attached hydrogens (tertiary/aromatic N) is 1. The molecule has 1 aromatic rings. The fourth-order valence-corrected chi connectivity index (χ4v) is 3.90. The zero-order chi connectivity index (χ0) is 14.8. The van der Waals surface area contributed by atoms with Crippen LogP contribution in [-0.4, -0.2) is 28.0 Å². The molecule has 2 fully saturated rings. The SMILES string of the molecule is O=C(N[C@@H]1CCCCC[C@H]1C(=O)O)c1csc(C2CC2)n1. The monoisotopic (exact) mass is 308 g/mol. The molecular weight excluding hydrogens is 288 g/mol. The highest BCUT2D eigenvalue weighted by Crippen LogP contribution is 2.41. The summed E-state index contributed by atoms with van der Waals surface area (Å²) in [6.07, 6.45) is 6.65. The van der Waals surface area contributed by atoms with Crippen molar-refractivity contribution in [1.82, 2.24) is 10.3 Å². The normalized spacial score (nSPS) is 26.1. The summed E-state index contributed by atoms with van der Waals surface area (Å²) in [4.78, 5) is 28.1. The molecule has 5 nitrogen and oxygen atoms in total. The van der Waals surface area contributed by atoms with E-state index in [0.29, 0.717) is 18.0 Å². The van der Waals surface area contributed by atoms with E-state index >= 15 is 0 Å². The number of carboxylic acid groups (broad SMARTS) is 1. The van der Waals surface area contributed by atoms with Crippen molar-refractivity contribution in [3.63, 3.8) is 0 Å². The standard InChI is InChI=1S/C15H20N2O3S/c18-13(12-8-21-14(17-12)9-6-7-9)16-11-5-3-1-2-4-10(11)15(19)20/h8-11H,1-7H2,(H,16,18)(H,19,20)/t10-,11-/m1/s1.